The summed E-state index contributed by atoms with van der Waals surface area (Å²) < 4.78 is 5.51. The molecule has 1 heterocycles. The van der Waals surface area contributed by atoms with Gasteiger partial charge in [0.25, 0.3) is 0 Å². The Hall–Kier alpha value is -1.57. The molecule has 0 unspecified atom stereocenters. The molecular weight excluding hydrogens is 222 g/mol. The van der Waals surface area contributed by atoms with Crippen LogP contribution in [0, 0.1) is 13.8 Å². The number of rotatable bonds is 1. The monoisotopic (exact) mass is 243 g/mol. The first-order valence-electron chi connectivity index (χ1n) is 6.30. The Morgan fingerprint density at radius 3 is 2.33 bits per heavy atom. The lowest BCUT2D eigenvalue weighted by Gasteiger charge is -2.24. The first-order chi connectivity index (χ1) is 8.34. The number of pyridine rings is 1. The molecule has 2 nitrogen and oxygen atoms in total. The Morgan fingerprint density at radius 1 is 1.11 bits per heavy atom. The summed E-state index contributed by atoms with van der Waals surface area (Å²) in [5.41, 5.74) is 4.70. The van der Waals surface area contributed by atoms with Crippen molar-refractivity contribution in [2.45, 2.75) is 40.0 Å². The third kappa shape index (κ3) is 2.07. The smallest absolute Gasteiger partial charge is 0.145 e. The van der Waals surface area contributed by atoms with Gasteiger partial charge in [-0.3, -0.25) is 0 Å². The van der Waals surface area contributed by atoms with Crippen molar-refractivity contribution in [1.29, 1.82) is 0 Å². The molecule has 2 rings (SSSR count). The highest BCUT2D eigenvalue weighted by Gasteiger charge is 2.20. The minimum Gasteiger partial charge on any atom is -0.494 e. The molecule has 2 heteroatoms. The predicted molar refractivity (Wildman–Crippen MR) is 76.5 cm³/mol. The molecule has 0 fully saturated rings. The summed E-state index contributed by atoms with van der Waals surface area (Å²) in [4.78, 5) is 4.61. The van der Waals surface area contributed by atoms with E-state index in [-0.39, 0.29) is 5.41 Å². The van der Waals surface area contributed by atoms with Crippen LogP contribution in [0.3, 0.4) is 0 Å². The van der Waals surface area contributed by atoms with E-state index >= 15 is 0 Å². The number of methoxy groups -OCH3 is 1. The molecule has 0 saturated carbocycles. The average Bonchev–Trinajstić information content (AvgIpc) is 2.27. The molecule has 18 heavy (non-hydrogen) atoms. The highest BCUT2D eigenvalue weighted by atomic mass is 16.5. The minimum absolute atomic E-state index is 0.108. The number of aryl methyl sites for hydroxylation is 2. The van der Waals surface area contributed by atoms with Crippen LogP contribution in [0.2, 0.25) is 0 Å². The number of nitrogens with zero attached hydrogens (tertiary/aromatic N) is 1. The van der Waals surface area contributed by atoms with Crippen LogP contribution < -0.4 is 4.74 Å². The third-order valence-corrected chi connectivity index (χ3v) is 3.38. The Balaban J connectivity index is 2.87. The second-order valence-corrected chi connectivity index (χ2v) is 5.85. The fourth-order valence-electron chi connectivity index (χ4n) is 2.43. The Kier molecular flexibility index (Phi) is 3.05. The van der Waals surface area contributed by atoms with Gasteiger partial charge in [0.2, 0.25) is 0 Å². The maximum Gasteiger partial charge on any atom is 0.145 e. The van der Waals surface area contributed by atoms with Crippen LogP contribution >= 0.6 is 0 Å². The Labute approximate surface area is 109 Å². The van der Waals surface area contributed by atoms with E-state index in [0.29, 0.717) is 0 Å². The van der Waals surface area contributed by atoms with Crippen molar-refractivity contribution in [3.8, 4) is 5.75 Å². The van der Waals surface area contributed by atoms with Gasteiger partial charge in [-0.2, -0.15) is 0 Å². The first-order valence-corrected chi connectivity index (χ1v) is 6.30. The molecule has 2 aromatic rings. The van der Waals surface area contributed by atoms with Gasteiger partial charge in [-0.25, -0.2) is 4.98 Å². The van der Waals surface area contributed by atoms with Gasteiger partial charge in [0, 0.05) is 11.1 Å². The van der Waals surface area contributed by atoms with Crippen molar-refractivity contribution in [2.24, 2.45) is 0 Å². The molecule has 0 bridgehead atoms. The lowest BCUT2D eigenvalue weighted by atomic mass is 9.82. The molecule has 0 saturated heterocycles. The second-order valence-electron chi connectivity index (χ2n) is 5.85. The number of fused-ring (bicyclic) bond motifs is 1. The molecule has 0 aliphatic carbocycles. The summed E-state index contributed by atoms with van der Waals surface area (Å²) in [6, 6.07) is 6.33. The third-order valence-electron chi connectivity index (χ3n) is 3.38. The summed E-state index contributed by atoms with van der Waals surface area (Å²) in [7, 11) is 1.71. The van der Waals surface area contributed by atoms with Gasteiger partial charge < -0.3 is 4.74 Å². The maximum atomic E-state index is 5.51. The largest absolute Gasteiger partial charge is 0.494 e. The van der Waals surface area contributed by atoms with E-state index in [1.165, 1.54) is 16.5 Å². The van der Waals surface area contributed by atoms with E-state index in [4.69, 9.17) is 4.74 Å². The normalized spacial score (nSPS) is 11.9. The zero-order chi connectivity index (χ0) is 13.5. The van der Waals surface area contributed by atoms with Crippen molar-refractivity contribution in [3.05, 3.63) is 35.0 Å². The van der Waals surface area contributed by atoms with Crippen LogP contribution in [-0.4, -0.2) is 12.1 Å². The summed E-state index contributed by atoms with van der Waals surface area (Å²) in [6.45, 7) is 10.8. The average molecular weight is 243 g/mol. The van der Waals surface area contributed by atoms with Crippen LogP contribution in [0.25, 0.3) is 10.9 Å². The van der Waals surface area contributed by atoms with Crippen LogP contribution in [-0.2, 0) is 5.41 Å². The molecule has 1 aromatic carbocycles. The number of ether oxygens (including phenoxy) is 1. The second kappa shape index (κ2) is 4.27. The summed E-state index contributed by atoms with van der Waals surface area (Å²) >= 11 is 0. The zero-order valence-electron chi connectivity index (χ0n) is 12.1. The maximum absolute atomic E-state index is 5.51. The van der Waals surface area contributed by atoms with Gasteiger partial charge in [0.15, 0.2) is 0 Å². The van der Waals surface area contributed by atoms with Crippen LogP contribution in [0.15, 0.2) is 18.2 Å². The molecule has 0 spiro atoms. The summed E-state index contributed by atoms with van der Waals surface area (Å²) in [5, 5.41) is 1.19. The topological polar surface area (TPSA) is 22.1 Å². The fraction of sp³-hybridized carbons (Fsp3) is 0.438. The van der Waals surface area contributed by atoms with E-state index in [9.17, 15) is 0 Å². The highest BCUT2D eigenvalue weighted by Crippen LogP contribution is 2.35. The summed E-state index contributed by atoms with van der Waals surface area (Å²) in [6.07, 6.45) is 0. The number of aromatic nitrogens is 1. The molecule has 96 valence electrons. The molecule has 1 aromatic heterocycles. The van der Waals surface area contributed by atoms with Crippen molar-refractivity contribution in [3.63, 3.8) is 0 Å². The van der Waals surface area contributed by atoms with E-state index in [2.05, 4.69) is 50.9 Å². The van der Waals surface area contributed by atoms with Crippen molar-refractivity contribution < 1.29 is 4.74 Å². The molecule has 0 radical (unpaired) electrons. The van der Waals surface area contributed by atoms with Crippen LogP contribution in [0.1, 0.15) is 37.6 Å². The number of hydrogen-bond donors (Lipinski definition) is 0. The van der Waals surface area contributed by atoms with Crippen molar-refractivity contribution in [1.82, 2.24) is 4.98 Å². The number of benzene rings is 1. The van der Waals surface area contributed by atoms with Gasteiger partial charge in [-0.15, -0.1) is 0 Å². The Morgan fingerprint density at radius 2 is 1.78 bits per heavy atom. The van der Waals surface area contributed by atoms with Crippen molar-refractivity contribution >= 4 is 10.9 Å². The minimum atomic E-state index is 0.108. The van der Waals surface area contributed by atoms with Gasteiger partial charge in [0.05, 0.1) is 7.11 Å². The molecule has 0 aliphatic rings. The SMILES string of the molecule is COc1cc(C(C)(C)C)c(C)c2ccc(C)nc12. The van der Waals surface area contributed by atoms with Gasteiger partial charge >= 0.3 is 0 Å². The first kappa shape index (κ1) is 12.9. The van der Waals surface area contributed by atoms with Gasteiger partial charge in [-0.05, 0) is 42.5 Å². The quantitative estimate of drug-likeness (QED) is 0.750. The van der Waals surface area contributed by atoms with Crippen LogP contribution in [0.4, 0.5) is 0 Å². The Bertz CT molecular complexity index is 594. The lowest BCUT2D eigenvalue weighted by molar-refractivity contribution is 0.416. The summed E-state index contributed by atoms with van der Waals surface area (Å²) in [5.74, 6) is 0.865. The molecule has 0 amide bonds. The molecule has 0 aliphatic heterocycles. The highest BCUT2D eigenvalue weighted by molar-refractivity contribution is 5.89. The molecule has 0 atom stereocenters. The van der Waals surface area contributed by atoms with Crippen LogP contribution in [0.5, 0.6) is 5.75 Å². The van der Waals surface area contributed by atoms with Gasteiger partial charge in [-0.1, -0.05) is 26.8 Å². The predicted octanol–water partition coefficient (Wildman–Crippen LogP) is 4.16. The van der Waals surface area contributed by atoms with Crippen molar-refractivity contribution in [2.75, 3.05) is 7.11 Å². The van der Waals surface area contributed by atoms with E-state index in [1.807, 2.05) is 6.92 Å². The van der Waals surface area contributed by atoms with E-state index in [0.717, 1.165) is 17.0 Å². The fourth-order valence-corrected chi connectivity index (χ4v) is 2.43. The van der Waals surface area contributed by atoms with E-state index in [1.54, 1.807) is 7.11 Å². The number of hydrogen-bond acceptors (Lipinski definition) is 2. The lowest BCUT2D eigenvalue weighted by Crippen LogP contribution is -2.13. The molecular formula is C16H21NO. The molecule has 0 N–H and O–H groups in total. The van der Waals surface area contributed by atoms with E-state index < -0.39 is 0 Å². The standard InChI is InChI=1S/C16H21NO/c1-10-7-8-12-11(2)13(16(3,4)5)9-14(18-6)15(12)17-10/h7-9H,1-6H3. The van der Waals surface area contributed by atoms with Gasteiger partial charge in [0.1, 0.15) is 11.3 Å². The zero-order valence-corrected chi connectivity index (χ0v) is 12.1.